The minimum Gasteiger partial charge on any atom is -0.347 e. The van der Waals surface area contributed by atoms with E-state index in [2.05, 4.69) is 5.32 Å². The molecule has 2 bridgehead atoms. The van der Waals surface area contributed by atoms with Gasteiger partial charge < -0.3 is 20.5 Å². The summed E-state index contributed by atoms with van der Waals surface area (Å²) in [6, 6.07) is 8.16. The molecule has 0 aliphatic heterocycles. The van der Waals surface area contributed by atoms with Crippen molar-refractivity contribution < 1.29 is 9.59 Å². The van der Waals surface area contributed by atoms with Gasteiger partial charge in [-0.15, -0.1) is 12.4 Å². The molecule has 0 radical (unpaired) electrons. The highest BCUT2D eigenvalue weighted by molar-refractivity contribution is 5.95. The molecule has 1 aromatic heterocycles. The summed E-state index contributed by atoms with van der Waals surface area (Å²) < 4.78 is 1.93. The van der Waals surface area contributed by atoms with E-state index in [-0.39, 0.29) is 42.7 Å². The molecule has 29 heavy (non-hydrogen) atoms. The Balaban J connectivity index is 0.00000240. The highest BCUT2D eigenvalue weighted by Crippen LogP contribution is 2.42. The topological polar surface area (TPSA) is 80.4 Å². The number of anilines is 1. The van der Waals surface area contributed by atoms with E-state index in [0.717, 1.165) is 42.3 Å². The van der Waals surface area contributed by atoms with Crippen LogP contribution in [0, 0.1) is 17.8 Å². The zero-order chi connectivity index (χ0) is 19.8. The predicted octanol–water partition coefficient (Wildman–Crippen LogP) is 3.24. The smallest absolute Gasteiger partial charge is 0.241 e. The first-order valence-electron chi connectivity index (χ1n) is 10.3. The van der Waals surface area contributed by atoms with Gasteiger partial charge in [0.15, 0.2) is 0 Å². The molecule has 2 amide bonds. The molecule has 6 nitrogen and oxygen atoms in total. The van der Waals surface area contributed by atoms with Gasteiger partial charge in [-0.1, -0.05) is 12.5 Å². The van der Waals surface area contributed by atoms with Crippen LogP contribution in [-0.4, -0.2) is 41.4 Å². The third kappa shape index (κ3) is 4.43. The standard InChI is InChI=1S/C22H30N4O2.ClH/c1-25(2)20(27)13-26-9-8-14-6-7-18(12-19(14)26)24-22(28)17-10-15-4-3-5-16(11-17)21(15)23;/h6-9,12,15-17,21H,3-5,10-11,13,23H2,1-2H3,(H,24,28);1H. The van der Waals surface area contributed by atoms with Crippen molar-refractivity contribution in [2.45, 2.75) is 44.7 Å². The molecule has 7 heteroatoms. The summed E-state index contributed by atoms with van der Waals surface area (Å²) in [5.41, 5.74) is 8.10. The number of hydrogen-bond acceptors (Lipinski definition) is 3. The Hall–Kier alpha value is -2.05. The van der Waals surface area contributed by atoms with Gasteiger partial charge in [0.25, 0.3) is 0 Å². The lowest BCUT2D eigenvalue weighted by Crippen LogP contribution is -2.48. The normalized spacial score (nSPS) is 25.9. The molecule has 2 saturated carbocycles. The number of halogens is 1. The minimum atomic E-state index is 0. The fraction of sp³-hybridized carbons (Fsp3) is 0.545. The number of benzene rings is 1. The van der Waals surface area contributed by atoms with Gasteiger partial charge in [-0.25, -0.2) is 0 Å². The maximum Gasteiger partial charge on any atom is 0.241 e. The van der Waals surface area contributed by atoms with Crippen molar-refractivity contribution in [3.05, 3.63) is 30.5 Å². The molecular formula is C22H31ClN4O2. The summed E-state index contributed by atoms with van der Waals surface area (Å²) in [6.45, 7) is 0.289. The summed E-state index contributed by atoms with van der Waals surface area (Å²) in [7, 11) is 3.51. The van der Waals surface area contributed by atoms with E-state index in [4.69, 9.17) is 5.73 Å². The van der Waals surface area contributed by atoms with Crippen molar-refractivity contribution in [1.82, 2.24) is 9.47 Å². The van der Waals surface area contributed by atoms with Crippen molar-refractivity contribution >= 4 is 40.8 Å². The number of nitrogens with zero attached hydrogens (tertiary/aromatic N) is 2. The summed E-state index contributed by atoms with van der Waals surface area (Å²) in [6.07, 6.45) is 7.28. The van der Waals surface area contributed by atoms with Gasteiger partial charge >= 0.3 is 0 Å². The van der Waals surface area contributed by atoms with E-state index < -0.39 is 0 Å². The average Bonchev–Trinajstić information content (AvgIpc) is 3.03. The number of carbonyl (C=O) groups excluding carboxylic acids is 2. The zero-order valence-electron chi connectivity index (χ0n) is 17.1. The van der Waals surface area contributed by atoms with Gasteiger partial charge in [0.1, 0.15) is 6.54 Å². The van der Waals surface area contributed by atoms with E-state index in [0.29, 0.717) is 11.8 Å². The Labute approximate surface area is 178 Å². The number of carbonyl (C=O) groups is 2. The number of likely N-dealkylation sites (N-methyl/N-ethyl adjacent to an activating group) is 1. The maximum atomic E-state index is 12.9. The van der Waals surface area contributed by atoms with E-state index in [9.17, 15) is 9.59 Å². The molecule has 2 atom stereocenters. The van der Waals surface area contributed by atoms with Crippen LogP contribution in [0.2, 0.25) is 0 Å². The molecule has 1 aromatic carbocycles. The van der Waals surface area contributed by atoms with Crippen molar-refractivity contribution in [1.29, 1.82) is 0 Å². The van der Waals surface area contributed by atoms with Crippen LogP contribution in [0.4, 0.5) is 5.69 Å². The first-order valence-corrected chi connectivity index (χ1v) is 10.3. The quantitative estimate of drug-likeness (QED) is 0.799. The number of fused-ring (bicyclic) bond motifs is 3. The van der Waals surface area contributed by atoms with Crippen molar-refractivity contribution in [2.75, 3.05) is 19.4 Å². The van der Waals surface area contributed by atoms with E-state index >= 15 is 0 Å². The number of amides is 2. The summed E-state index contributed by atoms with van der Waals surface area (Å²) in [5, 5.41) is 4.17. The lowest BCUT2D eigenvalue weighted by molar-refractivity contribution is -0.129. The van der Waals surface area contributed by atoms with Crippen molar-refractivity contribution in [3.63, 3.8) is 0 Å². The fourth-order valence-electron chi connectivity index (χ4n) is 4.93. The average molecular weight is 419 g/mol. The largest absolute Gasteiger partial charge is 0.347 e. The molecule has 3 N–H and O–H groups in total. The van der Waals surface area contributed by atoms with Gasteiger partial charge in [-0.2, -0.15) is 0 Å². The van der Waals surface area contributed by atoms with Gasteiger partial charge in [0.05, 0.1) is 5.52 Å². The van der Waals surface area contributed by atoms with Crippen LogP contribution in [0.15, 0.2) is 30.5 Å². The fourth-order valence-corrected chi connectivity index (χ4v) is 4.93. The third-order valence-electron chi connectivity index (χ3n) is 6.63. The van der Waals surface area contributed by atoms with E-state index in [1.807, 2.05) is 35.0 Å². The Morgan fingerprint density at radius 2 is 1.86 bits per heavy atom. The van der Waals surface area contributed by atoms with Crippen molar-refractivity contribution in [2.24, 2.45) is 23.5 Å². The van der Waals surface area contributed by atoms with Gasteiger partial charge in [0.2, 0.25) is 11.8 Å². The van der Waals surface area contributed by atoms with Crippen LogP contribution in [0.5, 0.6) is 0 Å². The number of nitrogens with two attached hydrogens (primary N) is 1. The molecule has 4 rings (SSSR count). The highest BCUT2D eigenvalue weighted by atomic mass is 35.5. The number of rotatable bonds is 4. The Morgan fingerprint density at radius 3 is 2.52 bits per heavy atom. The molecule has 2 aliphatic rings. The second kappa shape index (κ2) is 8.76. The van der Waals surface area contributed by atoms with Gasteiger partial charge in [-0.05, 0) is 61.1 Å². The molecule has 0 saturated heterocycles. The monoisotopic (exact) mass is 418 g/mol. The SMILES string of the molecule is CN(C)C(=O)Cn1ccc2ccc(NC(=O)C3CC4CCCC(C3)C4N)cc21.Cl. The summed E-state index contributed by atoms with van der Waals surface area (Å²) in [4.78, 5) is 26.6. The maximum absolute atomic E-state index is 12.9. The molecule has 2 unspecified atom stereocenters. The van der Waals surface area contributed by atoms with Gasteiger partial charge in [-0.3, -0.25) is 9.59 Å². The summed E-state index contributed by atoms with van der Waals surface area (Å²) in [5.74, 6) is 1.16. The Morgan fingerprint density at radius 1 is 1.17 bits per heavy atom. The highest BCUT2D eigenvalue weighted by Gasteiger charge is 2.40. The lowest BCUT2D eigenvalue weighted by atomic mass is 9.65. The molecule has 2 aromatic rings. The van der Waals surface area contributed by atoms with Crippen molar-refractivity contribution in [3.8, 4) is 0 Å². The predicted molar refractivity (Wildman–Crippen MR) is 118 cm³/mol. The molecule has 2 fully saturated rings. The molecule has 2 aliphatic carbocycles. The molecular weight excluding hydrogens is 388 g/mol. The second-order valence-corrected chi connectivity index (χ2v) is 8.69. The van der Waals surface area contributed by atoms with Crippen LogP contribution >= 0.6 is 12.4 Å². The number of hydrogen-bond donors (Lipinski definition) is 2. The third-order valence-corrected chi connectivity index (χ3v) is 6.63. The minimum absolute atomic E-state index is 0. The van der Waals surface area contributed by atoms with Crippen LogP contribution in [-0.2, 0) is 16.1 Å². The zero-order valence-corrected chi connectivity index (χ0v) is 18.0. The summed E-state index contributed by atoms with van der Waals surface area (Å²) >= 11 is 0. The Bertz CT molecular complexity index is 880. The van der Waals surface area contributed by atoms with Gasteiger partial charge in [0, 0.05) is 37.9 Å². The van der Waals surface area contributed by atoms with E-state index in [1.165, 1.54) is 6.42 Å². The molecule has 1 heterocycles. The lowest BCUT2D eigenvalue weighted by Gasteiger charge is -2.43. The van der Waals surface area contributed by atoms with Crippen LogP contribution in [0.25, 0.3) is 10.9 Å². The van der Waals surface area contributed by atoms with Crippen LogP contribution < -0.4 is 11.1 Å². The molecule has 0 spiro atoms. The molecule has 158 valence electrons. The van der Waals surface area contributed by atoms with Crippen LogP contribution in [0.3, 0.4) is 0 Å². The first kappa shape index (κ1) is 21.7. The number of nitrogens with one attached hydrogen (secondary N) is 1. The second-order valence-electron chi connectivity index (χ2n) is 8.69. The Kier molecular flexibility index (Phi) is 6.54. The van der Waals surface area contributed by atoms with E-state index in [1.54, 1.807) is 19.0 Å². The van der Waals surface area contributed by atoms with Crippen LogP contribution in [0.1, 0.15) is 32.1 Å². The number of aromatic nitrogens is 1. The first-order chi connectivity index (χ1) is 13.4.